The van der Waals surface area contributed by atoms with Gasteiger partial charge >= 0.3 is 0 Å². The summed E-state index contributed by atoms with van der Waals surface area (Å²) in [7, 11) is 0. The molecule has 0 fully saturated rings. The number of fused-ring (bicyclic) bond motifs is 1. The molecule has 2 heterocycles. The fourth-order valence-electron chi connectivity index (χ4n) is 1.49. The Kier molecular flexibility index (Phi) is 3.38. The second-order valence-corrected chi connectivity index (χ2v) is 5.20. The second kappa shape index (κ2) is 4.79. The van der Waals surface area contributed by atoms with Gasteiger partial charge in [-0.2, -0.15) is 5.10 Å². The molecular weight excluding hydrogens is 232 g/mol. The first-order valence-electron chi connectivity index (χ1n) is 5.63. The Balaban J connectivity index is 2.47. The quantitative estimate of drug-likeness (QED) is 0.668. The van der Waals surface area contributed by atoms with Gasteiger partial charge in [0.2, 0.25) is 0 Å². The van der Waals surface area contributed by atoms with E-state index in [9.17, 15) is 0 Å². The summed E-state index contributed by atoms with van der Waals surface area (Å²) < 4.78 is 0. The van der Waals surface area contributed by atoms with E-state index >= 15 is 0 Å². The molecule has 0 aromatic carbocycles. The van der Waals surface area contributed by atoms with Gasteiger partial charge < -0.3 is 0 Å². The lowest BCUT2D eigenvalue weighted by atomic mass is 10.2. The van der Waals surface area contributed by atoms with Crippen molar-refractivity contribution in [2.45, 2.75) is 34.1 Å². The molecule has 0 unspecified atom stereocenters. The summed E-state index contributed by atoms with van der Waals surface area (Å²) in [6.07, 6.45) is 2.51. The fourth-order valence-corrected chi connectivity index (χ4v) is 2.49. The van der Waals surface area contributed by atoms with E-state index in [0.717, 1.165) is 28.2 Å². The number of thiophene rings is 1. The van der Waals surface area contributed by atoms with Crippen molar-refractivity contribution >= 4 is 33.1 Å². The topological polar surface area (TPSA) is 50.2 Å². The highest BCUT2D eigenvalue weighted by atomic mass is 32.1. The highest BCUT2D eigenvalue weighted by Gasteiger charge is 2.11. The molecule has 0 saturated heterocycles. The van der Waals surface area contributed by atoms with E-state index in [1.54, 1.807) is 17.7 Å². The van der Waals surface area contributed by atoms with Gasteiger partial charge in [-0.25, -0.2) is 9.97 Å². The maximum absolute atomic E-state index is 4.29. The molecule has 0 aliphatic heterocycles. The summed E-state index contributed by atoms with van der Waals surface area (Å²) in [5.41, 5.74) is 5.33. The standard InChI is InChI=1S/C12H16N4S/c1-5-7(2)15-16-11-10-8(3)9(4)17-12(10)14-6-13-11/h6H,5H2,1-4H3,(H,13,14,16)/b15-7-. The minimum Gasteiger partial charge on any atom is -0.261 e. The Hall–Kier alpha value is -1.49. The van der Waals surface area contributed by atoms with Crippen LogP contribution in [0.3, 0.4) is 0 Å². The molecule has 1 N–H and O–H groups in total. The molecule has 2 rings (SSSR count). The first-order chi connectivity index (χ1) is 8.13. The van der Waals surface area contributed by atoms with Crippen molar-refractivity contribution in [3.05, 3.63) is 16.8 Å². The lowest BCUT2D eigenvalue weighted by molar-refractivity contribution is 1.16. The van der Waals surface area contributed by atoms with E-state index < -0.39 is 0 Å². The number of hydrogen-bond acceptors (Lipinski definition) is 5. The zero-order valence-electron chi connectivity index (χ0n) is 10.5. The second-order valence-electron chi connectivity index (χ2n) is 4.00. The van der Waals surface area contributed by atoms with Crippen molar-refractivity contribution < 1.29 is 0 Å². The lowest BCUT2D eigenvalue weighted by Gasteiger charge is -2.03. The first kappa shape index (κ1) is 12.0. The van der Waals surface area contributed by atoms with Gasteiger partial charge in [0.05, 0.1) is 5.39 Å². The van der Waals surface area contributed by atoms with Gasteiger partial charge in [-0.05, 0) is 32.8 Å². The molecule has 5 heteroatoms. The van der Waals surface area contributed by atoms with Gasteiger partial charge in [0.25, 0.3) is 0 Å². The first-order valence-corrected chi connectivity index (χ1v) is 6.45. The van der Waals surface area contributed by atoms with E-state index in [-0.39, 0.29) is 0 Å². The average molecular weight is 248 g/mol. The summed E-state index contributed by atoms with van der Waals surface area (Å²) in [6, 6.07) is 0. The smallest absolute Gasteiger partial charge is 0.158 e. The molecule has 4 nitrogen and oxygen atoms in total. The van der Waals surface area contributed by atoms with Gasteiger partial charge in [0.15, 0.2) is 5.82 Å². The van der Waals surface area contributed by atoms with Crippen molar-refractivity contribution in [1.82, 2.24) is 9.97 Å². The van der Waals surface area contributed by atoms with Crippen LogP contribution in [-0.2, 0) is 0 Å². The highest BCUT2D eigenvalue weighted by Crippen LogP contribution is 2.32. The molecule has 90 valence electrons. The molecular formula is C12H16N4S. The van der Waals surface area contributed by atoms with Crippen molar-refractivity contribution in [3.63, 3.8) is 0 Å². The molecule has 0 bridgehead atoms. The van der Waals surface area contributed by atoms with E-state index in [1.165, 1.54) is 10.4 Å². The van der Waals surface area contributed by atoms with Gasteiger partial charge in [-0.1, -0.05) is 6.92 Å². The number of nitrogens with one attached hydrogen (secondary N) is 1. The molecule has 17 heavy (non-hydrogen) atoms. The van der Waals surface area contributed by atoms with Crippen LogP contribution < -0.4 is 5.43 Å². The molecule has 0 aliphatic rings. The van der Waals surface area contributed by atoms with Crippen molar-refractivity contribution in [2.75, 3.05) is 5.43 Å². The van der Waals surface area contributed by atoms with Crippen molar-refractivity contribution in [2.24, 2.45) is 5.10 Å². The van der Waals surface area contributed by atoms with Crippen LogP contribution in [0.5, 0.6) is 0 Å². The Morgan fingerprint density at radius 2 is 2.18 bits per heavy atom. The summed E-state index contributed by atoms with van der Waals surface area (Å²) in [5.74, 6) is 0.796. The molecule has 0 spiro atoms. The number of hydrogen-bond donors (Lipinski definition) is 1. The van der Waals surface area contributed by atoms with Gasteiger partial charge in [-0.15, -0.1) is 11.3 Å². The molecule has 0 saturated carbocycles. The van der Waals surface area contributed by atoms with Crippen LogP contribution in [0.15, 0.2) is 11.4 Å². The Labute approximate surface area is 105 Å². The van der Waals surface area contributed by atoms with Crippen molar-refractivity contribution in [1.29, 1.82) is 0 Å². The largest absolute Gasteiger partial charge is 0.261 e. The Morgan fingerprint density at radius 1 is 1.41 bits per heavy atom. The maximum Gasteiger partial charge on any atom is 0.158 e. The molecule has 2 aromatic rings. The predicted octanol–water partition coefficient (Wildman–Crippen LogP) is 3.51. The van der Waals surface area contributed by atoms with E-state index in [1.807, 2.05) is 6.92 Å². The number of aromatic nitrogens is 2. The predicted molar refractivity (Wildman–Crippen MR) is 73.9 cm³/mol. The minimum absolute atomic E-state index is 0.796. The summed E-state index contributed by atoms with van der Waals surface area (Å²) in [6.45, 7) is 8.28. The lowest BCUT2D eigenvalue weighted by Crippen LogP contribution is -1.98. The molecule has 0 atom stereocenters. The zero-order chi connectivity index (χ0) is 12.4. The van der Waals surface area contributed by atoms with Gasteiger partial charge in [0, 0.05) is 10.6 Å². The zero-order valence-corrected chi connectivity index (χ0v) is 11.4. The minimum atomic E-state index is 0.796. The number of anilines is 1. The van der Waals surface area contributed by atoms with Crippen molar-refractivity contribution in [3.8, 4) is 0 Å². The number of nitrogens with zero attached hydrogens (tertiary/aromatic N) is 3. The third kappa shape index (κ3) is 2.29. The highest BCUT2D eigenvalue weighted by molar-refractivity contribution is 7.18. The number of rotatable bonds is 3. The molecule has 0 radical (unpaired) electrons. The molecule has 0 aliphatic carbocycles. The molecule has 0 amide bonds. The monoisotopic (exact) mass is 248 g/mol. The van der Waals surface area contributed by atoms with E-state index in [4.69, 9.17) is 0 Å². The summed E-state index contributed by atoms with van der Waals surface area (Å²) in [5, 5.41) is 5.38. The van der Waals surface area contributed by atoms with E-state index in [2.05, 4.69) is 41.3 Å². The molecule has 2 aromatic heterocycles. The van der Waals surface area contributed by atoms with Crippen LogP contribution >= 0.6 is 11.3 Å². The van der Waals surface area contributed by atoms with Crippen LogP contribution in [-0.4, -0.2) is 15.7 Å². The number of hydrazone groups is 1. The summed E-state index contributed by atoms with van der Waals surface area (Å²) >= 11 is 1.69. The van der Waals surface area contributed by atoms with Crippen LogP contribution in [0.2, 0.25) is 0 Å². The third-order valence-electron chi connectivity index (χ3n) is 2.83. The average Bonchev–Trinajstić information content (AvgIpc) is 2.63. The van der Waals surface area contributed by atoms with E-state index in [0.29, 0.717) is 0 Å². The fraction of sp³-hybridized carbons (Fsp3) is 0.417. The Morgan fingerprint density at radius 3 is 2.88 bits per heavy atom. The van der Waals surface area contributed by atoms with Gasteiger partial charge in [-0.3, -0.25) is 5.43 Å². The van der Waals surface area contributed by atoms with Crippen LogP contribution in [0.1, 0.15) is 30.7 Å². The van der Waals surface area contributed by atoms with Crippen LogP contribution in [0.4, 0.5) is 5.82 Å². The summed E-state index contributed by atoms with van der Waals surface area (Å²) in [4.78, 5) is 10.8. The third-order valence-corrected chi connectivity index (χ3v) is 3.94. The normalized spacial score (nSPS) is 12.1. The Bertz CT molecular complexity index is 571. The maximum atomic E-state index is 4.29. The van der Waals surface area contributed by atoms with Crippen LogP contribution in [0.25, 0.3) is 10.2 Å². The van der Waals surface area contributed by atoms with Gasteiger partial charge in [0.1, 0.15) is 11.2 Å². The van der Waals surface area contributed by atoms with Crippen LogP contribution in [0, 0.1) is 13.8 Å². The number of aryl methyl sites for hydroxylation is 2. The SMILES string of the molecule is CC/C(C)=N\Nc1ncnc2sc(C)c(C)c12.